The summed E-state index contributed by atoms with van der Waals surface area (Å²) < 4.78 is 5.39. The van der Waals surface area contributed by atoms with Crippen molar-refractivity contribution in [1.82, 2.24) is 0 Å². The van der Waals surface area contributed by atoms with E-state index < -0.39 is 0 Å². The number of hydrogen-bond donors (Lipinski definition) is 0. The molecule has 2 rings (SSSR count). The van der Waals surface area contributed by atoms with Crippen molar-refractivity contribution in [2.45, 2.75) is 79.8 Å². The van der Waals surface area contributed by atoms with Gasteiger partial charge in [-0.1, -0.05) is 53.9 Å². The average molecular weight is 244 g/mol. The van der Waals surface area contributed by atoms with Crippen molar-refractivity contribution >= 4 is 0 Å². The summed E-state index contributed by atoms with van der Waals surface area (Å²) in [5, 5.41) is 0. The highest BCUT2D eigenvalue weighted by Crippen LogP contribution is 2.27. The van der Waals surface area contributed by atoms with Gasteiger partial charge in [-0.25, -0.2) is 0 Å². The smallest absolute Gasteiger partial charge is 0.0547 e. The standard InChI is InChI=1S/C8H16.C7H14O.CH4.H2/c1-7-3-5-8(2)6-4-7;1-6-3-4-7(2)8-5-6;;/h7-8H,3-6H2,1-2H3;6-7H,3-5H2,1-2H3;1H4;1H. The third-order valence-corrected chi connectivity index (χ3v) is 4.04. The molecular formula is C16H36O. The summed E-state index contributed by atoms with van der Waals surface area (Å²) in [7, 11) is 0. The van der Waals surface area contributed by atoms with Gasteiger partial charge in [-0.05, 0) is 37.5 Å². The van der Waals surface area contributed by atoms with Crippen LogP contribution in [0.2, 0.25) is 0 Å². The van der Waals surface area contributed by atoms with Crippen LogP contribution in [-0.2, 0) is 4.74 Å². The normalized spacial score (nSPS) is 37.4. The molecule has 0 amide bonds. The van der Waals surface area contributed by atoms with Crippen LogP contribution < -0.4 is 0 Å². The molecule has 2 unspecified atom stereocenters. The maximum Gasteiger partial charge on any atom is 0.0547 e. The minimum absolute atomic E-state index is 0. The molecule has 0 aromatic heterocycles. The lowest BCUT2D eigenvalue weighted by atomic mass is 9.84. The highest BCUT2D eigenvalue weighted by Gasteiger charge is 2.13. The molecule has 1 saturated carbocycles. The molecule has 0 spiro atoms. The predicted octanol–water partition coefficient (Wildman–Crippen LogP) is 5.54. The van der Waals surface area contributed by atoms with Gasteiger partial charge >= 0.3 is 0 Å². The van der Waals surface area contributed by atoms with E-state index >= 15 is 0 Å². The van der Waals surface area contributed by atoms with Crippen molar-refractivity contribution < 1.29 is 6.16 Å². The highest BCUT2D eigenvalue weighted by molar-refractivity contribution is 4.65. The molecular weight excluding hydrogens is 208 g/mol. The molecule has 1 aliphatic carbocycles. The summed E-state index contributed by atoms with van der Waals surface area (Å²) in [6.07, 6.45) is 9.01. The predicted molar refractivity (Wildman–Crippen MR) is 79.5 cm³/mol. The van der Waals surface area contributed by atoms with Crippen molar-refractivity contribution in [3.05, 3.63) is 0 Å². The molecule has 2 fully saturated rings. The molecule has 1 saturated heterocycles. The number of hydrogen-bond acceptors (Lipinski definition) is 1. The Kier molecular flexibility index (Phi) is 8.94. The van der Waals surface area contributed by atoms with Crippen molar-refractivity contribution in [1.29, 1.82) is 0 Å². The maximum absolute atomic E-state index is 5.39. The van der Waals surface area contributed by atoms with Gasteiger partial charge in [0.05, 0.1) is 6.10 Å². The average Bonchev–Trinajstić information content (AvgIpc) is 2.28. The van der Waals surface area contributed by atoms with E-state index in [9.17, 15) is 0 Å². The first kappa shape index (κ1) is 17.0. The van der Waals surface area contributed by atoms with Crippen molar-refractivity contribution in [2.75, 3.05) is 6.61 Å². The van der Waals surface area contributed by atoms with Crippen molar-refractivity contribution in [3.63, 3.8) is 0 Å². The molecule has 1 heteroatoms. The van der Waals surface area contributed by atoms with Crippen LogP contribution in [0.5, 0.6) is 0 Å². The van der Waals surface area contributed by atoms with Crippen LogP contribution in [0.3, 0.4) is 0 Å². The van der Waals surface area contributed by atoms with Gasteiger partial charge in [0.15, 0.2) is 0 Å². The number of ether oxygens (including phenoxy) is 1. The lowest BCUT2D eigenvalue weighted by molar-refractivity contribution is 0.000267. The Labute approximate surface area is 111 Å². The van der Waals surface area contributed by atoms with Crippen molar-refractivity contribution in [2.24, 2.45) is 17.8 Å². The van der Waals surface area contributed by atoms with E-state index in [4.69, 9.17) is 4.74 Å². The zero-order valence-corrected chi connectivity index (χ0v) is 11.7. The van der Waals surface area contributed by atoms with Gasteiger partial charge in [0.2, 0.25) is 0 Å². The quantitative estimate of drug-likeness (QED) is 0.544. The Balaban J connectivity index is 0. The molecule has 2 aliphatic rings. The van der Waals surface area contributed by atoms with Gasteiger partial charge in [-0.3, -0.25) is 0 Å². The van der Waals surface area contributed by atoms with Crippen LogP contribution in [0.15, 0.2) is 0 Å². The first-order valence-electron chi connectivity index (χ1n) is 7.19. The molecule has 2 atom stereocenters. The SMILES string of the molecule is C.CC1CCC(C)CC1.CC1CCC(C)OC1.[HH]. The van der Waals surface area contributed by atoms with E-state index in [1.165, 1.54) is 38.5 Å². The fourth-order valence-electron chi connectivity index (χ4n) is 2.44. The minimum Gasteiger partial charge on any atom is -0.378 e. The van der Waals surface area contributed by atoms with Crippen LogP contribution in [0, 0.1) is 17.8 Å². The molecule has 1 nitrogen and oxygen atoms in total. The van der Waals surface area contributed by atoms with Gasteiger partial charge in [-0.2, -0.15) is 0 Å². The first-order chi connectivity index (χ1) is 7.58. The topological polar surface area (TPSA) is 9.23 Å². The van der Waals surface area contributed by atoms with Crippen LogP contribution in [0.4, 0.5) is 0 Å². The zero-order chi connectivity index (χ0) is 12.0. The Hall–Kier alpha value is -0.0400. The van der Waals surface area contributed by atoms with Gasteiger partial charge in [0.25, 0.3) is 0 Å². The lowest BCUT2D eigenvalue weighted by Gasteiger charge is -2.23. The first-order valence-corrected chi connectivity index (χ1v) is 7.19. The second kappa shape index (κ2) is 8.97. The van der Waals surface area contributed by atoms with Crippen LogP contribution in [-0.4, -0.2) is 12.7 Å². The van der Waals surface area contributed by atoms with E-state index in [-0.39, 0.29) is 8.85 Å². The van der Waals surface area contributed by atoms with Crippen LogP contribution >= 0.6 is 0 Å². The fourth-order valence-corrected chi connectivity index (χ4v) is 2.44. The monoisotopic (exact) mass is 244 g/mol. The maximum atomic E-state index is 5.39. The van der Waals surface area contributed by atoms with E-state index in [0.29, 0.717) is 6.10 Å². The fraction of sp³-hybridized carbons (Fsp3) is 1.00. The molecule has 0 N–H and O–H groups in total. The Morgan fingerprint density at radius 1 is 0.706 bits per heavy atom. The summed E-state index contributed by atoms with van der Waals surface area (Å²) in [5.41, 5.74) is 0. The summed E-state index contributed by atoms with van der Waals surface area (Å²) >= 11 is 0. The molecule has 1 heterocycles. The summed E-state index contributed by atoms with van der Waals surface area (Å²) in [6.45, 7) is 10.1. The molecule has 1 aliphatic heterocycles. The number of rotatable bonds is 0. The lowest BCUT2D eigenvalue weighted by Crippen LogP contribution is -2.21. The third kappa shape index (κ3) is 7.81. The molecule has 0 aromatic rings. The second-order valence-electron chi connectivity index (χ2n) is 6.19. The zero-order valence-electron chi connectivity index (χ0n) is 11.7. The third-order valence-electron chi connectivity index (χ3n) is 4.04. The Morgan fingerprint density at radius 2 is 1.12 bits per heavy atom. The van der Waals surface area contributed by atoms with Gasteiger partial charge < -0.3 is 4.74 Å². The van der Waals surface area contributed by atoms with Crippen molar-refractivity contribution in [3.8, 4) is 0 Å². The molecule has 0 aromatic carbocycles. The molecule has 0 radical (unpaired) electrons. The van der Waals surface area contributed by atoms with Gasteiger partial charge in [-0.15, -0.1) is 0 Å². The molecule has 0 bridgehead atoms. The summed E-state index contributed by atoms with van der Waals surface area (Å²) in [5.74, 6) is 2.84. The molecule has 106 valence electrons. The van der Waals surface area contributed by atoms with E-state index in [2.05, 4.69) is 27.7 Å². The summed E-state index contributed by atoms with van der Waals surface area (Å²) in [6, 6.07) is 0. The Bertz CT molecular complexity index is 128. The second-order valence-corrected chi connectivity index (χ2v) is 6.19. The van der Waals surface area contributed by atoms with Crippen LogP contribution in [0.1, 0.15) is 75.1 Å². The van der Waals surface area contributed by atoms with Gasteiger partial charge in [0, 0.05) is 8.03 Å². The van der Waals surface area contributed by atoms with Gasteiger partial charge in [0.1, 0.15) is 0 Å². The Morgan fingerprint density at radius 3 is 1.41 bits per heavy atom. The van der Waals surface area contributed by atoms with E-state index in [0.717, 1.165) is 24.4 Å². The van der Waals surface area contributed by atoms with E-state index in [1.54, 1.807) is 0 Å². The largest absolute Gasteiger partial charge is 0.378 e. The summed E-state index contributed by atoms with van der Waals surface area (Å²) in [4.78, 5) is 0. The highest BCUT2D eigenvalue weighted by atomic mass is 16.5. The molecule has 17 heavy (non-hydrogen) atoms. The van der Waals surface area contributed by atoms with Crippen LogP contribution in [0.25, 0.3) is 0 Å². The minimum atomic E-state index is 0. The van der Waals surface area contributed by atoms with E-state index in [1.807, 2.05) is 0 Å².